The van der Waals surface area contributed by atoms with Crippen molar-refractivity contribution in [3.05, 3.63) is 146 Å². The van der Waals surface area contributed by atoms with Crippen LogP contribution in [0.5, 0.6) is 34.5 Å². The highest BCUT2D eigenvalue weighted by atomic mass is 16.5. The van der Waals surface area contributed by atoms with Gasteiger partial charge < -0.3 is 28.9 Å². The number of rotatable bonds is 1. The van der Waals surface area contributed by atoms with E-state index in [1.54, 1.807) is 0 Å². The summed E-state index contributed by atoms with van der Waals surface area (Å²) in [6.07, 6.45) is 0. The van der Waals surface area contributed by atoms with Gasteiger partial charge in [-0.25, -0.2) is 0 Å². The molecular weight excluding hydrogens is 605 g/mol. The Morgan fingerprint density at radius 2 is 0.714 bits per heavy atom. The summed E-state index contributed by atoms with van der Waals surface area (Å²) in [4.78, 5) is 7.17. The standard InChI is InChI=1S/C42H24BN3O3/c1-5-17-34-28(13-1)44(29-14-2-6-18-35(29)47-34)25-23-32-40-33(24-25)46-31-16-4-8-20-37(31)49-39-22-10-12-27(42(39)46)43(40)26-11-9-21-38-41(26)45(32)30-15-3-7-19-36(30)48-38/h1-24H. The molecule has 0 aromatic heterocycles. The van der Waals surface area contributed by atoms with Crippen LogP contribution in [0.15, 0.2) is 146 Å². The summed E-state index contributed by atoms with van der Waals surface area (Å²) in [5.74, 6) is 5.01. The van der Waals surface area contributed by atoms with Crippen LogP contribution in [0.4, 0.5) is 51.2 Å². The molecule has 5 aliphatic rings. The fourth-order valence-electron chi connectivity index (χ4n) is 8.49. The number of fused-ring (bicyclic) bond motifs is 10. The Labute approximate surface area is 282 Å². The summed E-state index contributed by atoms with van der Waals surface area (Å²) >= 11 is 0. The molecule has 0 fully saturated rings. The van der Waals surface area contributed by atoms with Crippen molar-refractivity contribution in [3.8, 4) is 34.5 Å². The molecule has 5 heterocycles. The molecule has 7 aromatic carbocycles. The number of benzene rings is 7. The van der Waals surface area contributed by atoms with Gasteiger partial charge in [0, 0.05) is 11.4 Å². The average molecular weight is 629 g/mol. The highest BCUT2D eigenvalue weighted by molar-refractivity contribution is 7.00. The maximum Gasteiger partial charge on any atom is 0.252 e. The van der Waals surface area contributed by atoms with Crippen LogP contribution in [-0.2, 0) is 0 Å². The van der Waals surface area contributed by atoms with E-state index in [1.165, 1.54) is 16.4 Å². The zero-order valence-corrected chi connectivity index (χ0v) is 26.0. The highest BCUT2D eigenvalue weighted by Crippen LogP contribution is 2.58. The number of hydrogen-bond acceptors (Lipinski definition) is 6. The second kappa shape index (κ2) is 9.05. The van der Waals surface area contributed by atoms with Crippen molar-refractivity contribution in [1.29, 1.82) is 0 Å². The third-order valence-corrected chi connectivity index (χ3v) is 10.4. The first-order chi connectivity index (χ1) is 24.3. The molecule has 5 aliphatic heterocycles. The minimum Gasteiger partial charge on any atom is -0.453 e. The molecule has 0 N–H and O–H groups in total. The van der Waals surface area contributed by atoms with Gasteiger partial charge in [-0.1, -0.05) is 72.8 Å². The minimum atomic E-state index is -0.0385. The van der Waals surface area contributed by atoms with Gasteiger partial charge in [-0.2, -0.15) is 0 Å². The lowest BCUT2D eigenvalue weighted by Crippen LogP contribution is -2.61. The molecule has 0 radical (unpaired) electrons. The van der Waals surface area contributed by atoms with Gasteiger partial charge in [-0.3, -0.25) is 0 Å². The molecule has 228 valence electrons. The topological polar surface area (TPSA) is 37.4 Å². The van der Waals surface area contributed by atoms with Gasteiger partial charge in [0.05, 0.1) is 39.8 Å². The van der Waals surface area contributed by atoms with Crippen LogP contribution in [-0.4, -0.2) is 6.71 Å². The Balaban J connectivity index is 1.23. The van der Waals surface area contributed by atoms with Crippen LogP contribution in [0.2, 0.25) is 0 Å². The zero-order valence-electron chi connectivity index (χ0n) is 26.0. The van der Waals surface area contributed by atoms with Gasteiger partial charge in [0.15, 0.2) is 34.5 Å². The largest absolute Gasteiger partial charge is 0.453 e. The molecule has 0 unspecified atom stereocenters. The van der Waals surface area contributed by atoms with E-state index in [0.717, 1.165) is 85.7 Å². The fourth-order valence-corrected chi connectivity index (χ4v) is 8.49. The third-order valence-electron chi connectivity index (χ3n) is 10.4. The number of para-hydroxylation sites is 10. The summed E-state index contributed by atoms with van der Waals surface area (Å²) in [7, 11) is 0. The molecule has 49 heavy (non-hydrogen) atoms. The summed E-state index contributed by atoms with van der Waals surface area (Å²) in [6, 6.07) is 50.9. The molecule has 0 amide bonds. The monoisotopic (exact) mass is 629 g/mol. The van der Waals surface area contributed by atoms with Crippen LogP contribution in [0, 0.1) is 0 Å². The molecule has 0 atom stereocenters. The zero-order chi connectivity index (χ0) is 31.8. The fraction of sp³-hybridized carbons (Fsp3) is 0. The molecule has 0 aliphatic carbocycles. The molecule has 0 saturated carbocycles. The summed E-state index contributed by atoms with van der Waals surface area (Å²) < 4.78 is 19.7. The Morgan fingerprint density at radius 3 is 1.16 bits per heavy atom. The molecule has 7 aromatic rings. The van der Waals surface area contributed by atoms with E-state index >= 15 is 0 Å². The SMILES string of the molecule is c1ccc2c(c1)Oc1ccccc1N2c1cc2c3c(c1)N1c4ccccc4Oc4cccc(c41)B3c1cccc3c1N2c1ccccc1O3. The van der Waals surface area contributed by atoms with Gasteiger partial charge in [-0.15, -0.1) is 0 Å². The van der Waals surface area contributed by atoms with Crippen molar-refractivity contribution < 1.29 is 14.2 Å². The van der Waals surface area contributed by atoms with E-state index in [0.29, 0.717) is 0 Å². The van der Waals surface area contributed by atoms with E-state index in [-0.39, 0.29) is 6.71 Å². The molecule has 12 rings (SSSR count). The highest BCUT2D eigenvalue weighted by Gasteiger charge is 2.48. The van der Waals surface area contributed by atoms with Gasteiger partial charge >= 0.3 is 0 Å². The second-order valence-electron chi connectivity index (χ2n) is 12.9. The lowest BCUT2D eigenvalue weighted by molar-refractivity contribution is 0.477. The van der Waals surface area contributed by atoms with Crippen LogP contribution in [0.3, 0.4) is 0 Å². The van der Waals surface area contributed by atoms with E-state index in [1.807, 2.05) is 36.4 Å². The van der Waals surface area contributed by atoms with Crippen molar-refractivity contribution in [2.24, 2.45) is 0 Å². The number of nitrogens with zero attached hydrogens (tertiary/aromatic N) is 3. The van der Waals surface area contributed by atoms with Crippen LogP contribution in [0.1, 0.15) is 0 Å². The van der Waals surface area contributed by atoms with E-state index < -0.39 is 0 Å². The predicted octanol–water partition coefficient (Wildman–Crippen LogP) is 9.56. The number of ether oxygens (including phenoxy) is 3. The Morgan fingerprint density at radius 1 is 0.347 bits per heavy atom. The van der Waals surface area contributed by atoms with Gasteiger partial charge in [0.2, 0.25) is 0 Å². The van der Waals surface area contributed by atoms with Crippen molar-refractivity contribution >= 4 is 74.3 Å². The summed E-state index contributed by atoms with van der Waals surface area (Å²) in [6.45, 7) is -0.0385. The maximum absolute atomic E-state index is 6.63. The third kappa shape index (κ3) is 3.22. The number of hydrogen-bond donors (Lipinski definition) is 0. The van der Waals surface area contributed by atoms with Crippen LogP contribution < -0.4 is 45.3 Å². The van der Waals surface area contributed by atoms with Gasteiger partial charge in [0.25, 0.3) is 6.71 Å². The smallest absolute Gasteiger partial charge is 0.252 e. The average Bonchev–Trinajstić information content (AvgIpc) is 3.15. The lowest BCUT2D eigenvalue weighted by Gasteiger charge is -2.47. The molecule has 6 nitrogen and oxygen atoms in total. The molecular formula is C42H24BN3O3. The molecule has 0 saturated heterocycles. The predicted molar refractivity (Wildman–Crippen MR) is 195 cm³/mol. The van der Waals surface area contributed by atoms with Crippen molar-refractivity contribution in [2.45, 2.75) is 0 Å². The van der Waals surface area contributed by atoms with Crippen molar-refractivity contribution in [2.75, 3.05) is 14.7 Å². The van der Waals surface area contributed by atoms with Gasteiger partial charge in [0.1, 0.15) is 0 Å². The second-order valence-corrected chi connectivity index (χ2v) is 12.9. The normalized spacial score (nSPS) is 14.4. The van der Waals surface area contributed by atoms with E-state index in [9.17, 15) is 0 Å². The molecule has 0 bridgehead atoms. The van der Waals surface area contributed by atoms with E-state index in [2.05, 4.69) is 124 Å². The quantitative estimate of drug-likeness (QED) is 0.169. The minimum absolute atomic E-state index is 0.0385. The first-order valence-electron chi connectivity index (χ1n) is 16.6. The summed E-state index contributed by atoms with van der Waals surface area (Å²) in [5.41, 5.74) is 13.1. The lowest BCUT2D eigenvalue weighted by atomic mass is 9.33. The summed E-state index contributed by atoms with van der Waals surface area (Å²) in [5, 5.41) is 0. The van der Waals surface area contributed by atoms with Crippen molar-refractivity contribution in [1.82, 2.24) is 0 Å². The number of anilines is 9. The maximum atomic E-state index is 6.63. The van der Waals surface area contributed by atoms with Crippen molar-refractivity contribution in [3.63, 3.8) is 0 Å². The Kier molecular flexibility index (Phi) is 4.71. The van der Waals surface area contributed by atoms with Gasteiger partial charge in [-0.05, 0) is 89.2 Å². The van der Waals surface area contributed by atoms with E-state index in [4.69, 9.17) is 14.2 Å². The van der Waals surface area contributed by atoms with Crippen LogP contribution in [0.25, 0.3) is 0 Å². The Bertz CT molecular complexity index is 2430. The van der Waals surface area contributed by atoms with Crippen LogP contribution >= 0.6 is 0 Å². The molecule has 0 spiro atoms. The Hall–Kier alpha value is -6.60. The molecule has 7 heteroatoms. The first-order valence-corrected chi connectivity index (χ1v) is 16.6. The first kappa shape index (κ1) is 25.5.